The zero-order valence-electron chi connectivity index (χ0n) is 9.18. The van der Waals surface area contributed by atoms with Gasteiger partial charge in [-0.25, -0.2) is 0 Å². The Morgan fingerprint density at radius 1 is 1.31 bits per heavy atom. The summed E-state index contributed by atoms with van der Waals surface area (Å²) in [4.78, 5) is 0. The Kier molecular flexibility index (Phi) is 8.40. The molecule has 1 atom stereocenters. The van der Waals surface area contributed by atoms with E-state index in [1.807, 2.05) is 0 Å². The van der Waals surface area contributed by atoms with Crippen molar-refractivity contribution in [3.05, 3.63) is 0 Å². The molecule has 0 saturated carbocycles. The summed E-state index contributed by atoms with van der Waals surface area (Å²) in [6.07, 6.45) is 1.09. The Morgan fingerprint density at radius 2 is 2.00 bits per heavy atom. The van der Waals surface area contributed by atoms with Crippen LogP contribution in [0.15, 0.2) is 0 Å². The van der Waals surface area contributed by atoms with Crippen molar-refractivity contribution in [2.75, 3.05) is 26.3 Å². The van der Waals surface area contributed by atoms with Crippen molar-refractivity contribution in [2.24, 2.45) is 11.7 Å². The summed E-state index contributed by atoms with van der Waals surface area (Å²) in [6, 6.07) is 0.422. The van der Waals surface area contributed by atoms with E-state index in [0.29, 0.717) is 18.5 Å². The van der Waals surface area contributed by atoms with Crippen LogP contribution in [-0.2, 0) is 4.74 Å². The predicted octanol–water partition coefficient (Wildman–Crippen LogP) is 0.986. The van der Waals surface area contributed by atoms with Crippen molar-refractivity contribution in [3.63, 3.8) is 0 Å². The second-order valence-corrected chi connectivity index (χ2v) is 3.65. The molecular weight excluding hydrogens is 164 g/mol. The number of hydrogen-bond acceptors (Lipinski definition) is 3. The van der Waals surface area contributed by atoms with Crippen LogP contribution in [0.4, 0.5) is 0 Å². The highest BCUT2D eigenvalue weighted by Gasteiger charge is 2.08. The molecule has 80 valence electrons. The third-order valence-corrected chi connectivity index (χ3v) is 2.06. The highest BCUT2D eigenvalue weighted by molar-refractivity contribution is 4.70. The van der Waals surface area contributed by atoms with Gasteiger partial charge in [-0.15, -0.1) is 0 Å². The van der Waals surface area contributed by atoms with Crippen LogP contribution in [-0.4, -0.2) is 32.3 Å². The zero-order valence-corrected chi connectivity index (χ0v) is 9.18. The normalized spacial score (nSPS) is 13.6. The maximum atomic E-state index is 5.61. The molecule has 0 aromatic heterocycles. The molecule has 0 aliphatic heterocycles. The van der Waals surface area contributed by atoms with Crippen LogP contribution in [0.5, 0.6) is 0 Å². The molecule has 0 aromatic rings. The third-order valence-electron chi connectivity index (χ3n) is 2.06. The minimum absolute atomic E-state index is 0.422. The van der Waals surface area contributed by atoms with Crippen LogP contribution in [0, 0.1) is 5.92 Å². The fourth-order valence-corrected chi connectivity index (χ4v) is 1.15. The largest absolute Gasteiger partial charge is 0.380 e. The molecule has 13 heavy (non-hydrogen) atoms. The first-order chi connectivity index (χ1) is 6.22. The maximum absolute atomic E-state index is 5.61. The van der Waals surface area contributed by atoms with Crippen molar-refractivity contribution < 1.29 is 4.74 Å². The molecule has 0 aliphatic rings. The van der Waals surface area contributed by atoms with Crippen LogP contribution in [0.25, 0.3) is 0 Å². The van der Waals surface area contributed by atoms with Crippen LogP contribution in [0.2, 0.25) is 0 Å². The number of ether oxygens (including phenoxy) is 1. The van der Waals surface area contributed by atoms with Gasteiger partial charge in [0.2, 0.25) is 0 Å². The van der Waals surface area contributed by atoms with Gasteiger partial charge in [-0.05, 0) is 12.3 Å². The van der Waals surface area contributed by atoms with Gasteiger partial charge in [0.1, 0.15) is 0 Å². The van der Waals surface area contributed by atoms with Gasteiger partial charge in [0.05, 0.1) is 6.61 Å². The number of hydrogen-bond donors (Lipinski definition) is 2. The summed E-state index contributed by atoms with van der Waals surface area (Å²) in [5.74, 6) is 0.594. The number of nitrogens with one attached hydrogen (secondary N) is 1. The Hall–Kier alpha value is -0.120. The summed E-state index contributed by atoms with van der Waals surface area (Å²) >= 11 is 0. The SMILES string of the molecule is CCCOCCNC(CN)C(C)C. The van der Waals surface area contributed by atoms with E-state index < -0.39 is 0 Å². The monoisotopic (exact) mass is 188 g/mol. The molecule has 0 radical (unpaired) electrons. The lowest BCUT2D eigenvalue weighted by atomic mass is 10.1. The van der Waals surface area contributed by atoms with Gasteiger partial charge >= 0.3 is 0 Å². The Labute approximate surface area is 82.0 Å². The van der Waals surface area contributed by atoms with Crippen LogP contribution in [0.1, 0.15) is 27.2 Å². The summed E-state index contributed by atoms with van der Waals surface area (Å²) in [7, 11) is 0. The van der Waals surface area contributed by atoms with E-state index in [2.05, 4.69) is 26.1 Å². The second-order valence-electron chi connectivity index (χ2n) is 3.65. The van der Waals surface area contributed by atoms with Crippen molar-refractivity contribution >= 4 is 0 Å². The lowest BCUT2D eigenvalue weighted by molar-refractivity contribution is 0.133. The number of rotatable bonds is 8. The van der Waals surface area contributed by atoms with E-state index in [1.54, 1.807) is 0 Å². The van der Waals surface area contributed by atoms with Crippen molar-refractivity contribution in [1.29, 1.82) is 0 Å². The lowest BCUT2D eigenvalue weighted by Gasteiger charge is -2.20. The molecule has 0 aromatic carbocycles. The first-order valence-corrected chi connectivity index (χ1v) is 5.23. The Bertz CT molecular complexity index is 107. The van der Waals surface area contributed by atoms with Crippen molar-refractivity contribution in [1.82, 2.24) is 5.32 Å². The lowest BCUT2D eigenvalue weighted by Crippen LogP contribution is -2.41. The molecule has 3 nitrogen and oxygen atoms in total. The van der Waals surface area contributed by atoms with E-state index in [9.17, 15) is 0 Å². The number of nitrogens with two attached hydrogens (primary N) is 1. The second kappa shape index (κ2) is 8.48. The molecule has 3 N–H and O–H groups in total. The smallest absolute Gasteiger partial charge is 0.0591 e. The molecule has 0 heterocycles. The highest BCUT2D eigenvalue weighted by atomic mass is 16.5. The minimum atomic E-state index is 0.422. The summed E-state index contributed by atoms with van der Waals surface area (Å²) in [6.45, 7) is 9.72. The molecule has 0 bridgehead atoms. The molecule has 0 aliphatic carbocycles. The fraction of sp³-hybridized carbons (Fsp3) is 1.00. The molecule has 0 rings (SSSR count). The topological polar surface area (TPSA) is 47.3 Å². The highest BCUT2D eigenvalue weighted by Crippen LogP contribution is 1.98. The average molecular weight is 188 g/mol. The van der Waals surface area contributed by atoms with Gasteiger partial charge < -0.3 is 15.8 Å². The molecular formula is C10H24N2O. The molecule has 0 saturated heterocycles. The van der Waals surface area contributed by atoms with Gasteiger partial charge in [0.15, 0.2) is 0 Å². The van der Waals surface area contributed by atoms with Crippen LogP contribution >= 0.6 is 0 Å². The average Bonchev–Trinajstić information content (AvgIpc) is 2.10. The van der Waals surface area contributed by atoms with Gasteiger partial charge in [0, 0.05) is 25.7 Å². The maximum Gasteiger partial charge on any atom is 0.0591 e. The third kappa shape index (κ3) is 6.99. The predicted molar refractivity (Wildman–Crippen MR) is 56.8 cm³/mol. The van der Waals surface area contributed by atoms with E-state index in [4.69, 9.17) is 10.5 Å². The molecule has 0 spiro atoms. The van der Waals surface area contributed by atoms with E-state index in [0.717, 1.165) is 26.2 Å². The Morgan fingerprint density at radius 3 is 2.46 bits per heavy atom. The van der Waals surface area contributed by atoms with Gasteiger partial charge in [-0.2, -0.15) is 0 Å². The summed E-state index contributed by atoms with van der Waals surface area (Å²) in [5.41, 5.74) is 5.61. The fourth-order valence-electron chi connectivity index (χ4n) is 1.15. The molecule has 0 amide bonds. The first kappa shape index (κ1) is 12.9. The summed E-state index contributed by atoms with van der Waals surface area (Å²) in [5, 5.41) is 3.38. The van der Waals surface area contributed by atoms with Crippen molar-refractivity contribution in [2.45, 2.75) is 33.2 Å². The minimum Gasteiger partial charge on any atom is -0.380 e. The van der Waals surface area contributed by atoms with Gasteiger partial charge in [-0.3, -0.25) is 0 Å². The standard InChI is InChI=1S/C10H24N2O/c1-4-6-13-7-5-12-10(8-11)9(2)3/h9-10,12H,4-8,11H2,1-3H3. The zero-order chi connectivity index (χ0) is 10.1. The molecule has 1 unspecified atom stereocenters. The van der Waals surface area contributed by atoms with Gasteiger partial charge in [-0.1, -0.05) is 20.8 Å². The van der Waals surface area contributed by atoms with Gasteiger partial charge in [0.25, 0.3) is 0 Å². The quantitative estimate of drug-likeness (QED) is 0.558. The molecule has 0 fully saturated rings. The summed E-state index contributed by atoms with van der Waals surface area (Å²) < 4.78 is 5.35. The van der Waals surface area contributed by atoms with Crippen LogP contribution in [0.3, 0.4) is 0 Å². The van der Waals surface area contributed by atoms with Crippen LogP contribution < -0.4 is 11.1 Å². The van der Waals surface area contributed by atoms with E-state index in [1.165, 1.54) is 0 Å². The first-order valence-electron chi connectivity index (χ1n) is 5.23. The van der Waals surface area contributed by atoms with E-state index in [-0.39, 0.29) is 0 Å². The molecule has 3 heteroatoms. The Balaban J connectivity index is 3.28. The van der Waals surface area contributed by atoms with Crippen molar-refractivity contribution in [3.8, 4) is 0 Å². The van der Waals surface area contributed by atoms with E-state index >= 15 is 0 Å².